The summed E-state index contributed by atoms with van der Waals surface area (Å²) in [5, 5.41) is -0.314. The average molecular weight is 390 g/mol. The first-order valence-electron chi connectivity index (χ1n) is 9.59. The molecule has 4 rings (SSSR count). The van der Waals surface area contributed by atoms with Crippen molar-refractivity contribution in [2.45, 2.75) is 18.1 Å². The van der Waals surface area contributed by atoms with Crippen molar-refractivity contribution in [3.8, 4) is 0 Å². The molecule has 0 spiro atoms. The van der Waals surface area contributed by atoms with Crippen molar-refractivity contribution in [3.05, 3.63) is 102 Å². The predicted molar refractivity (Wildman–Crippen MR) is 115 cm³/mol. The summed E-state index contributed by atoms with van der Waals surface area (Å²) in [6, 6.07) is 27.6. The van der Waals surface area contributed by atoms with Crippen LogP contribution < -0.4 is 4.90 Å². The number of hydrogen-bond acceptors (Lipinski definition) is 2. The fraction of sp³-hybridized carbons (Fsp3) is 0.208. The molecule has 1 heterocycles. The molecule has 0 saturated carbocycles. The van der Waals surface area contributed by atoms with Crippen LogP contribution in [0.3, 0.4) is 0 Å². The lowest BCUT2D eigenvalue weighted by molar-refractivity contribution is -0.116. The highest BCUT2D eigenvalue weighted by molar-refractivity contribution is 7.86. The normalized spacial score (nSPS) is 14.5. The minimum Gasteiger partial charge on any atom is -0.311 e. The van der Waals surface area contributed by atoms with Gasteiger partial charge in [-0.25, -0.2) is 0 Å². The van der Waals surface area contributed by atoms with Gasteiger partial charge in [-0.3, -0.25) is 9.00 Å². The summed E-state index contributed by atoms with van der Waals surface area (Å²) in [5.74, 6) is -0.0506. The molecule has 1 atom stereocenters. The number of benzene rings is 3. The van der Waals surface area contributed by atoms with Crippen LogP contribution in [0.5, 0.6) is 0 Å². The maximum Gasteiger partial charge on any atom is 0.239 e. The molecule has 0 N–H and O–H groups in total. The molecule has 0 bridgehead atoms. The fourth-order valence-electron chi connectivity index (χ4n) is 3.83. The molecule has 0 radical (unpaired) electrons. The molecule has 0 aromatic heterocycles. The maximum atomic E-state index is 13.4. The van der Waals surface area contributed by atoms with Gasteiger partial charge in [-0.2, -0.15) is 0 Å². The van der Waals surface area contributed by atoms with E-state index in [0.717, 1.165) is 29.7 Å². The van der Waals surface area contributed by atoms with Crippen LogP contribution in [0.15, 0.2) is 84.9 Å². The van der Waals surface area contributed by atoms with E-state index in [0.29, 0.717) is 6.54 Å². The second kappa shape index (κ2) is 8.53. The summed E-state index contributed by atoms with van der Waals surface area (Å²) >= 11 is 0. The maximum absolute atomic E-state index is 13.4. The number of rotatable bonds is 5. The Hall–Kier alpha value is -2.72. The Bertz CT molecular complexity index is 933. The molecular weight excluding hydrogens is 366 g/mol. The number of carbonyl (C=O) groups excluding carboxylic acids is 1. The molecule has 1 aliphatic heterocycles. The predicted octanol–water partition coefficient (Wildman–Crippen LogP) is 4.50. The van der Waals surface area contributed by atoms with E-state index < -0.39 is 10.8 Å². The molecule has 1 aliphatic rings. The van der Waals surface area contributed by atoms with Gasteiger partial charge in [0.25, 0.3) is 0 Å². The van der Waals surface area contributed by atoms with Gasteiger partial charge >= 0.3 is 0 Å². The van der Waals surface area contributed by atoms with Crippen LogP contribution in [0.2, 0.25) is 0 Å². The molecule has 1 unspecified atom stereocenters. The van der Waals surface area contributed by atoms with Crippen LogP contribution >= 0.6 is 0 Å². The largest absolute Gasteiger partial charge is 0.311 e. The standard InChI is InChI=1S/C24H23NO2S/c26-23(25-17-9-15-19-10-7-8-16-22(19)25)18-28(27)24(20-11-3-1-4-12-20)21-13-5-2-6-14-21/h1-8,10-14,16,24H,9,15,17-18H2. The van der Waals surface area contributed by atoms with Crippen molar-refractivity contribution in [1.29, 1.82) is 0 Å². The van der Waals surface area contributed by atoms with E-state index in [1.165, 1.54) is 5.56 Å². The van der Waals surface area contributed by atoms with Gasteiger partial charge in [-0.05, 0) is 35.6 Å². The zero-order valence-corrected chi connectivity index (χ0v) is 16.5. The number of anilines is 1. The van der Waals surface area contributed by atoms with Crippen LogP contribution in [0.25, 0.3) is 0 Å². The molecule has 1 amide bonds. The SMILES string of the molecule is O=C(CS(=O)C(c1ccccc1)c1ccccc1)N1CCCc2ccccc21. The Morgan fingerprint density at radius 2 is 1.43 bits per heavy atom. The molecule has 142 valence electrons. The van der Waals surface area contributed by atoms with Crippen molar-refractivity contribution < 1.29 is 9.00 Å². The highest BCUT2D eigenvalue weighted by Crippen LogP contribution is 2.30. The fourth-order valence-corrected chi connectivity index (χ4v) is 5.31. The molecule has 0 saturated heterocycles. The molecular formula is C24H23NO2S. The quantitative estimate of drug-likeness (QED) is 0.644. The number of carbonyl (C=O) groups is 1. The molecule has 0 aliphatic carbocycles. The van der Waals surface area contributed by atoms with Gasteiger partial charge in [-0.1, -0.05) is 78.9 Å². The molecule has 3 aromatic carbocycles. The van der Waals surface area contributed by atoms with E-state index >= 15 is 0 Å². The first-order valence-corrected chi connectivity index (χ1v) is 11.0. The molecule has 4 heteroatoms. The van der Waals surface area contributed by atoms with Gasteiger partial charge in [0.2, 0.25) is 5.91 Å². The lowest BCUT2D eigenvalue weighted by atomic mass is 10.0. The summed E-state index contributed by atoms with van der Waals surface area (Å²) in [7, 11) is -1.36. The van der Waals surface area contributed by atoms with E-state index in [9.17, 15) is 9.00 Å². The second-order valence-electron chi connectivity index (χ2n) is 7.00. The van der Waals surface area contributed by atoms with Crippen LogP contribution in [0, 0.1) is 0 Å². The highest BCUT2D eigenvalue weighted by atomic mass is 32.2. The number of hydrogen-bond donors (Lipinski definition) is 0. The average Bonchev–Trinajstić information content (AvgIpc) is 2.75. The molecule has 28 heavy (non-hydrogen) atoms. The molecule has 3 nitrogen and oxygen atoms in total. The van der Waals surface area contributed by atoms with E-state index in [-0.39, 0.29) is 16.9 Å². The Morgan fingerprint density at radius 3 is 2.07 bits per heavy atom. The minimum atomic E-state index is -1.36. The van der Waals surface area contributed by atoms with Crippen molar-refractivity contribution in [2.24, 2.45) is 0 Å². The van der Waals surface area contributed by atoms with E-state index in [1.807, 2.05) is 83.8 Å². The smallest absolute Gasteiger partial charge is 0.239 e. The van der Waals surface area contributed by atoms with Crippen molar-refractivity contribution in [3.63, 3.8) is 0 Å². The summed E-state index contributed by atoms with van der Waals surface area (Å²) in [6.07, 6.45) is 1.93. The number of amides is 1. The van der Waals surface area contributed by atoms with Crippen molar-refractivity contribution in [2.75, 3.05) is 17.2 Å². The first-order chi connectivity index (χ1) is 13.7. The summed E-state index contributed by atoms with van der Waals surface area (Å²) in [5.41, 5.74) is 4.10. The van der Waals surface area contributed by atoms with Crippen LogP contribution in [0.1, 0.15) is 28.4 Å². The van der Waals surface area contributed by atoms with Gasteiger partial charge in [0.1, 0.15) is 5.75 Å². The Morgan fingerprint density at radius 1 is 0.857 bits per heavy atom. The molecule has 0 fully saturated rings. The third-order valence-electron chi connectivity index (χ3n) is 5.14. The lowest BCUT2D eigenvalue weighted by Gasteiger charge is -2.30. The van der Waals surface area contributed by atoms with Gasteiger partial charge in [0, 0.05) is 23.0 Å². The first kappa shape index (κ1) is 18.6. The summed E-state index contributed by atoms with van der Waals surface area (Å²) < 4.78 is 13.4. The highest BCUT2D eigenvalue weighted by Gasteiger charge is 2.28. The van der Waals surface area contributed by atoms with Crippen LogP contribution in [0.4, 0.5) is 5.69 Å². The van der Waals surface area contributed by atoms with Crippen molar-refractivity contribution in [1.82, 2.24) is 0 Å². The number of aryl methyl sites for hydroxylation is 1. The third-order valence-corrected chi connectivity index (χ3v) is 6.75. The Kier molecular flexibility index (Phi) is 5.68. The topological polar surface area (TPSA) is 37.4 Å². The van der Waals surface area contributed by atoms with Crippen molar-refractivity contribution >= 4 is 22.4 Å². The Labute approximate surface area is 168 Å². The van der Waals surface area contributed by atoms with Gasteiger partial charge < -0.3 is 4.90 Å². The summed E-state index contributed by atoms with van der Waals surface area (Å²) in [6.45, 7) is 0.689. The van der Waals surface area contributed by atoms with E-state index in [1.54, 1.807) is 0 Å². The number of para-hydroxylation sites is 1. The van der Waals surface area contributed by atoms with Crippen LogP contribution in [-0.4, -0.2) is 22.4 Å². The summed E-state index contributed by atoms with van der Waals surface area (Å²) in [4.78, 5) is 14.9. The number of nitrogens with zero attached hydrogens (tertiary/aromatic N) is 1. The molecule has 3 aromatic rings. The van der Waals surface area contributed by atoms with Gasteiger partial charge in [-0.15, -0.1) is 0 Å². The van der Waals surface area contributed by atoms with Gasteiger partial charge in [0.05, 0.1) is 5.25 Å². The van der Waals surface area contributed by atoms with Crippen LogP contribution in [-0.2, 0) is 22.0 Å². The zero-order valence-electron chi connectivity index (χ0n) is 15.7. The number of fused-ring (bicyclic) bond motifs is 1. The zero-order chi connectivity index (χ0) is 19.3. The van der Waals surface area contributed by atoms with Gasteiger partial charge in [0.15, 0.2) is 0 Å². The third kappa shape index (κ3) is 3.92. The Balaban J connectivity index is 1.60. The minimum absolute atomic E-state index is 0.0167. The monoisotopic (exact) mass is 389 g/mol. The van der Waals surface area contributed by atoms with E-state index in [2.05, 4.69) is 6.07 Å². The lowest BCUT2D eigenvalue weighted by Crippen LogP contribution is -2.38. The van der Waals surface area contributed by atoms with E-state index in [4.69, 9.17) is 0 Å². The second-order valence-corrected chi connectivity index (χ2v) is 8.53.